The molecule has 4 fully saturated rings. The zero-order valence-electron chi connectivity index (χ0n) is 34.1. The van der Waals surface area contributed by atoms with Crippen LogP contribution in [0.4, 0.5) is 0 Å². The van der Waals surface area contributed by atoms with Crippen LogP contribution in [0.25, 0.3) is 22.3 Å². The van der Waals surface area contributed by atoms with E-state index in [0.717, 1.165) is 0 Å². The number of aromatic amines is 4. The van der Waals surface area contributed by atoms with Gasteiger partial charge in [0.1, 0.15) is 0 Å². The zero-order valence-corrected chi connectivity index (χ0v) is 34.1. The predicted molar refractivity (Wildman–Crippen MR) is 227 cm³/mol. The second-order valence-electron chi connectivity index (χ2n) is 18.7. The van der Waals surface area contributed by atoms with Gasteiger partial charge in [-0.25, -0.2) is 0 Å². The van der Waals surface area contributed by atoms with Crippen LogP contribution in [0.5, 0.6) is 0 Å². The summed E-state index contributed by atoms with van der Waals surface area (Å²) in [7, 11) is 0. The highest BCUT2D eigenvalue weighted by Gasteiger charge is 2.52. The number of H-pyrrole nitrogens is 4. The largest absolute Gasteiger partial charge is 0.358 e. The van der Waals surface area contributed by atoms with E-state index in [1.54, 1.807) is 0 Å². The van der Waals surface area contributed by atoms with E-state index in [1.165, 1.54) is 196 Å². The van der Waals surface area contributed by atoms with Gasteiger partial charge in [-0.1, -0.05) is 77.0 Å². The van der Waals surface area contributed by atoms with Crippen LogP contribution in [0.15, 0.2) is 48.5 Å². The predicted octanol–water partition coefficient (Wildman–Crippen LogP) is 14.1. The van der Waals surface area contributed by atoms with Crippen LogP contribution in [0.3, 0.4) is 0 Å². The van der Waals surface area contributed by atoms with Crippen molar-refractivity contribution < 1.29 is 0 Å². The molecule has 0 spiro atoms. The van der Waals surface area contributed by atoms with E-state index in [9.17, 15) is 0 Å². The first-order valence-electron chi connectivity index (χ1n) is 22.6. The first kappa shape index (κ1) is 36.3. The fourth-order valence-electron chi connectivity index (χ4n) is 13.2. The highest BCUT2D eigenvalue weighted by Crippen LogP contribution is 2.56. The van der Waals surface area contributed by atoms with E-state index in [4.69, 9.17) is 0 Å². The Balaban J connectivity index is 1.28. The Labute approximate surface area is 325 Å². The Morgan fingerprint density at radius 2 is 0.519 bits per heavy atom. The van der Waals surface area contributed by atoms with Gasteiger partial charge in [0.15, 0.2) is 0 Å². The van der Waals surface area contributed by atoms with E-state index < -0.39 is 0 Å². The molecule has 0 amide bonds. The minimum absolute atomic E-state index is 0.0378. The Kier molecular flexibility index (Phi) is 10.0. The summed E-state index contributed by atoms with van der Waals surface area (Å²) in [5.41, 5.74) is 16.3. The van der Waals surface area contributed by atoms with Gasteiger partial charge in [0.25, 0.3) is 0 Å². The Hall–Kier alpha value is -3.40. The summed E-state index contributed by atoms with van der Waals surface area (Å²) in [6, 6.07) is 19.8. The third-order valence-electron chi connectivity index (χ3n) is 16.3. The molecule has 5 heterocycles. The molecule has 9 rings (SSSR count). The van der Waals surface area contributed by atoms with E-state index in [1.807, 2.05) is 0 Å². The molecule has 0 radical (unpaired) electrons. The van der Waals surface area contributed by atoms with Crippen molar-refractivity contribution in [2.24, 2.45) is 23.7 Å². The molecule has 4 N–H and O–H groups in total. The molecule has 4 nitrogen and oxygen atoms in total. The number of hydrogen-bond donors (Lipinski definition) is 4. The van der Waals surface area contributed by atoms with Crippen LogP contribution in [0, 0.1) is 23.7 Å². The molecule has 4 aromatic heterocycles. The number of nitrogens with one attached hydrogen (secondary N) is 4. The smallest absolute Gasteiger partial charge is 0.0559 e. The van der Waals surface area contributed by atoms with E-state index in [0.29, 0.717) is 23.7 Å². The fourth-order valence-corrected chi connectivity index (χ4v) is 13.2. The molecule has 0 saturated heterocycles. The van der Waals surface area contributed by atoms with Crippen LogP contribution >= 0.6 is 0 Å². The van der Waals surface area contributed by atoms with E-state index in [-0.39, 0.29) is 10.8 Å². The van der Waals surface area contributed by atoms with Crippen LogP contribution in [-0.2, 0) is 10.8 Å². The molecular weight excluding hydrogens is 657 g/mol. The summed E-state index contributed by atoms with van der Waals surface area (Å²) in [5, 5.41) is 0. The first-order chi connectivity index (χ1) is 26.4. The lowest BCUT2D eigenvalue weighted by molar-refractivity contribution is 0.127. The summed E-state index contributed by atoms with van der Waals surface area (Å²) >= 11 is 0. The molecule has 4 saturated carbocycles. The number of rotatable bonds is 4. The Bertz CT molecular complexity index is 1680. The molecule has 0 atom stereocenters. The average Bonchev–Trinajstić information content (AvgIpc) is 4.08. The third kappa shape index (κ3) is 5.90. The van der Waals surface area contributed by atoms with Crippen LogP contribution in [0.2, 0.25) is 0 Å². The fraction of sp³-hybridized carbons (Fsp3) is 0.600. The van der Waals surface area contributed by atoms with Gasteiger partial charge in [0, 0.05) is 45.6 Å². The topological polar surface area (TPSA) is 63.2 Å². The van der Waals surface area contributed by atoms with Gasteiger partial charge in [-0.3, -0.25) is 0 Å². The number of fused-ring (bicyclic) bond motifs is 8. The average molecular weight is 725 g/mol. The molecular formula is C50H68N4. The van der Waals surface area contributed by atoms with E-state index >= 15 is 0 Å². The Morgan fingerprint density at radius 3 is 0.722 bits per heavy atom. The molecule has 1 aliphatic heterocycles. The maximum atomic E-state index is 4.21. The maximum absolute atomic E-state index is 4.21. The second-order valence-corrected chi connectivity index (χ2v) is 18.7. The van der Waals surface area contributed by atoms with Crippen molar-refractivity contribution in [2.75, 3.05) is 0 Å². The van der Waals surface area contributed by atoms with Gasteiger partial charge in [-0.2, -0.15) is 0 Å². The van der Waals surface area contributed by atoms with Crippen molar-refractivity contribution in [1.29, 1.82) is 0 Å². The summed E-state index contributed by atoms with van der Waals surface area (Å²) in [6.45, 7) is 9.46. The van der Waals surface area contributed by atoms with Crippen LogP contribution in [0.1, 0.15) is 202 Å². The number of allylic oxidation sites excluding steroid dienone is 4. The van der Waals surface area contributed by atoms with Gasteiger partial charge in [0.05, 0.1) is 10.8 Å². The minimum Gasteiger partial charge on any atom is -0.358 e. The molecule has 288 valence electrons. The monoisotopic (exact) mass is 725 g/mol. The highest BCUT2D eigenvalue weighted by atomic mass is 14.9. The summed E-state index contributed by atoms with van der Waals surface area (Å²) in [4.78, 5) is 16.9. The third-order valence-corrected chi connectivity index (χ3v) is 16.3. The molecule has 54 heavy (non-hydrogen) atoms. The number of aromatic nitrogens is 4. The van der Waals surface area contributed by atoms with Gasteiger partial charge in [-0.15, -0.1) is 0 Å². The molecule has 0 aromatic carbocycles. The molecule has 5 aliphatic rings. The number of hydrogen-bond acceptors (Lipinski definition) is 0. The van der Waals surface area contributed by atoms with Crippen molar-refractivity contribution >= 4 is 22.3 Å². The SMILES string of the molecule is C/C1=C(/C)c2ccc([nH]2)C(C2CCCCC2)(C2CCCCC2)c2ccc([nH]2)/C(C)=C(\C)c2ccc([nH]2)C(C2CCCCC2)(C2CCCCC2)c2ccc1[nH]2. The summed E-state index contributed by atoms with van der Waals surface area (Å²) < 4.78 is 0. The molecule has 4 heteroatoms. The molecule has 8 bridgehead atoms. The lowest BCUT2D eigenvalue weighted by Crippen LogP contribution is -2.46. The standard InChI is InChI=1S/C50H68N4/c1-33-34(2)42-26-30-46(52-42)50(39-21-13-7-14-22-39,40-23-15-8-16-24-40)48-32-28-44(54-48)36(4)35(3)43-27-31-47(53-43)49(37-17-9-5-10-18-37,38-19-11-6-12-20-38)45-29-25-41(33)51-45/h25-32,37-40,51-54H,5-24H2,1-4H3/b34-33+,36-35+. The van der Waals surface area contributed by atoms with Crippen molar-refractivity contribution in [3.63, 3.8) is 0 Å². The van der Waals surface area contributed by atoms with Gasteiger partial charge >= 0.3 is 0 Å². The minimum atomic E-state index is -0.0378. The highest BCUT2D eigenvalue weighted by molar-refractivity contribution is 5.88. The maximum Gasteiger partial charge on any atom is 0.0559 e. The quantitative estimate of drug-likeness (QED) is 0.162. The van der Waals surface area contributed by atoms with Gasteiger partial charge in [0.2, 0.25) is 0 Å². The van der Waals surface area contributed by atoms with Crippen molar-refractivity contribution in [3.05, 3.63) is 94.1 Å². The van der Waals surface area contributed by atoms with Gasteiger partial charge in [-0.05, 0) is 174 Å². The van der Waals surface area contributed by atoms with Crippen molar-refractivity contribution in [3.8, 4) is 0 Å². The summed E-state index contributed by atoms with van der Waals surface area (Å²) in [5.74, 6) is 2.55. The van der Waals surface area contributed by atoms with Crippen molar-refractivity contribution in [1.82, 2.24) is 19.9 Å². The van der Waals surface area contributed by atoms with E-state index in [2.05, 4.69) is 96.2 Å². The zero-order chi connectivity index (χ0) is 36.9. The lowest BCUT2D eigenvalue weighted by Gasteiger charge is -2.49. The Morgan fingerprint density at radius 1 is 0.315 bits per heavy atom. The van der Waals surface area contributed by atoms with Crippen molar-refractivity contribution in [2.45, 2.75) is 167 Å². The molecule has 4 aliphatic carbocycles. The van der Waals surface area contributed by atoms with Crippen LogP contribution in [-0.4, -0.2) is 19.9 Å². The van der Waals surface area contributed by atoms with Crippen LogP contribution < -0.4 is 0 Å². The second kappa shape index (κ2) is 14.9. The summed E-state index contributed by atoms with van der Waals surface area (Å²) in [6.07, 6.45) is 26.9. The normalized spacial score (nSPS) is 26.4. The van der Waals surface area contributed by atoms with Gasteiger partial charge < -0.3 is 19.9 Å². The first-order valence-corrected chi connectivity index (χ1v) is 22.6. The molecule has 4 aromatic rings. The lowest BCUT2D eigenvalue weighted by atomic mass is 9.56. The molecule has 0 unspecified atom stereocenters.